The lowest BCUT2D eigenvalue weighted by molar-refractivity contribution is -0.128. The molecule has 4 rings (SSSR count). The van der Waals surface area contributed by atoms with Crippen LogP contribution in [0.2, 0.25) is 0 Å². The zero-order chi connectivity index (χ0) is 17.9. The molecule has 2 fully saturated rings. The SMILES string of the molecule is CN1CCN(CCCN2C(=O)CSC2c2ccc3ccccc3n2)CC1. The van der Waals surface area contributed by atoms with Crippen molar-refractivity contribution in [1.29, 1.82) is 0 Å². The number of rotatable bonds is 5. The van der Waals surface area contributed by atoms with Crippen LogP contribution in [-0.4, -0.2) is 77.7 Å². The van der Waals surface area contributed by atoms with E-state index in [9.17, 15) is 4.79 Å². The Morgan fingerprint density at radius 1 is 1.08 bits per heavy atom. The highest BCUT2D eigenvalue weighted by Gasteiger charge is 2.33. The van der Waals surface area contributed by atoms with Gasteiger partial charge in [-0.05, 0) is 32.1 Å². The third-order valence-corrected chi connectivity index (χ3v) is 6.54. The van der Waals surface area contributed by atoms with Crippen molar-refractivity contribution in [3.05, 3.63) is 42.1 Å². The number of para-hydroxylation sites is 1. The second-order valence-corrected chi connectivity index (χ2v) is 8.25. The van der Waals surface area contributed by atoms with Crippen LogP contribution in [0.25, 0.3) is 10.9 Å². The van der Waals surface area contributed by atoms with Gasteiger partial charge in [-0.2, -0.15) is 0 Å². The lowest BCUT2D eigenvalue weighted by Crippen LogP contribution is -2.45. The summed E-state index contributed by atoms with van der Waals surface area (Å²) in [7, 11) is 2.18. The second-order valence-electron chi connectivity index (χ2n) is 7.18. The number of nitrogens with zero attached hydrogens (tertiary/aromatic N) is 4. The fourth-order valence-electron chi connectivity index (χ4n) is 3.70. The van der Waals surface area contributed by atoms with Crippen molar-refractivity contribution in [3.8, 4) is 0 Å². The number of piperazine rings is 1. The molecule has 2 aliphatic heterocycles. The van der Waals surface area contributed by atoms with E-state index >= 15 is 0 Å². The van der Waals surface area contributed by atoms with Crippen molar-refractivity contribution in [3.63, 3.8) is 0 Å². The first-order valence-corrected chi connectivity index (χ1v) is 10.4. The minimum absolute atomic E-state index is 0.0552. The second kappa shape index (κ2) is 7.94. The molecule has 0 spiro atoms. The number of hydrogen-bond donors (Lipinski definition) is 0. The molecular weight excluding hydrogens is 344 g/mol. The number of benzene rings is 1. The van der Waals surface area contributed by atoms with Crippen LogP contribution in [0.1, 0.15) is 17.5 Å². The molecule has 1 unspecified atom stereocenters. The van der Waals surface area contributed by atoms with Crippen molar-refractivity contribution in [1.82, 2.24) is 19.7 Å². The minimum atomic E-state index is 0.0552. The Bertz CT molecular complexity index is 775. The van der Waals surface area contributed by atoms with Crippen LogP contribution in [0.5, 0.6) is 0 Å². The van der Waals surface area contributed by atoms with Crippen LogP contribution in [-0.2, 0) is 4.79 Å². The van der Waals surface area contributed by atoms with Crippen molar-refractivity contribution in [2.75, 3.05) is 52.1 Å². The first kappa shape index (κ1) is 17.8. The molecule has 0 saturated carbocycles. The molecule has 1 atom stereocenters. The van der Waals surface area contributed by atoms with Crippen molar-refractivity contribution in [2.24, 2.45) is 0 Å². The van der Waals surface area contributed by atoms with E-state index in [0.717, 1.165) is 62.3 Å². The number of aromatic nitrogens is 1. The van der Waals surface area contributed by atoms with Gasteiger partial charge in [-0.15, -0.1) is 11.8 Å². The third kappa shape index (κ3) is 3.87. The minimum Gasteiger partial charge on any atom is -0.324 e. The topological polar surface area (TPSA) is 39.7 Å². The molecule has 0 bridgehead atoms. The Hall–Kier alpha value is -1.63. The summed E-state index contributed by atoms with van der Waals surface area (Å²) in [4.78, 5) is 24.1. The first-order chi connectivity index (χ1) is 12.7. The average Bonchev–Trinajstić information content (AvgIpc) is 3.04. The van der Waals surface area contributed by atoms with Crippen LogP contribution in [0.4, 0.5) is 0 Å². The molecule has 0 aliphatic carbocycles. The Morgan fingerprint density at radius 3 is 2.73 bits per heavy atom. The zero-order valence-corrected chi connectivity index (χ0v) is 16.1. The molecule has 2 aromatic rings. The van der Waals surface area contributed by atoms with Gasteiger partial charge < -0.3 is 14.7 Å². The Morgan fingerprint density at radius 2 is 1.88 bits per heavy atom. The van der Waals surface area contributed by atoms with Crippen molar-refractivity contribution >= 4 is 28.6 Å². The van der Waals surface area contributed by atoms with Crippen molar-refractivity contribution < 1.29 is 4.79 Å². The smallest absolute Gasteiger partial charge is 0.233 e. The van der Waals surface area contributed by atoms with E-state index in [1.165, 1.54) is 0 Å². The van der Waals surface area contributed by atoms with E-state index in [1.807, 2.05) is 23.1 Å². The molecule has 2 saturated heterocycles. The van der Waals surface area contributed by atoms with Gasteiger partial charge in [0, 0.05) is 38.1 Å². The van der Waals surface area contributed by atoms with Gasteiger partial charge in [0.25, 0.3) is 0 Å². The van der Waals surface area contributed by atoms with Gasteiger partial charge in [0.1, 0.15) is 5.37 Å². The van der Waals surface area contributed by atoms with Gasteiger partial charge in [0.2, 0.25) is 5.91 Å². The monoisotopic (exact) mass is 370 g/mol. The molecule has 1 aromatic heterocycles. The quantitative estimate of drug-likeness (QED) is 0.808. The summed E-state index contributed by atoms with van der Waals surface area (Å²) in [6, 6.07) is 12.3. The van der Waals surface area contributed by atoms with E-state index < -0.39 is 0 Å². The molecule has 2 aliphatic rings. The molecule has 0 N–H and O–H groups in total. The van der Waals surface area contributed by atoms with E-state index in [1.54, 1.807) is 11.8 Å². The fourth-order valence-corrected chi connectivity index (χ4v) is 4.87. The largest absolute Gasteiger partial charge is 0.324 e. The lowest BCUT2D eigenvalue weighted by atomic mass is 10.2. The van der Waals surface area contributed by atoms with Gasteiger partial charge in [-0.1, -0.05) is 24.3 Å². The number of thioether (sulfide) groups is 1. The summed E-state index contributed by atoms with van der Waals surface area (Å²) >= 11 is 1.70. The summed E-state index contributed by atoms with van der Waals surface area (Å²) in [5.41, 5.74) is 2.00. The number of hydrogen-bond acceptors (Lipinski definition) is 5. The molecule has 5 nitrogen and oxygen atoms in total. The molecule has 26 heavy (non-hydrogen) atoms. The highest BCUT2D eigenvalue weighted by atomic mass is 32.2. The van der Waals surface area contributed by atoms with Gasteiger partial charge in [0.15, 0.2) is 0 Å². The van der Waals surface area contributed by atoms with Crippen LogP contribution in [0.15, 0.2) is 36.4 Å². The summed E-state index contributed by atoms with van der Waals surface area (Å²) in [5, 5.41) is 1.20. The van der Waals surface area contributed by atoms with Crippen LogP contribution in [0, 0.1) is 0 Å². The molecule has 6 heteroatoms. The average molecular weight is 371 g/mol. The number of pyridine rings is 1. The summed E-state index contributed by atoms with van der Waals surface area (Å²) in [6.45, 7) is 6.44. The fraction of sp³-hybridized carbons (Fsp3) is 0.500. The maximum Gasteiger partial charge on any atom is 0.233 e. The van der Waals surface area contributed by atoms with Crippen LogP contribution < -0.4 is 0 Å². The predicted molar refractivity (Wildman–Crippen MR) is 107 cm³/mol. The maximum atomic E-state index is 12.4. The maximum absolute atomic E-state index is 12.4. The highest BCUT2D eigenvalue weighted by Crippen LogP contribution is 2.38. The van der Waals surface area contributed by atoms with E-state index in [0.29, 0.717) is 5.75 Å². The Kier molecular flexibility index (Phi) is 5.43. The standard InChI is InChI=1S/C20H26N4OS/c1-22-11-13-23(14-12-22)9-4-10-24-19(25)15-26-20(24)18-8-7-16-5-2-3-6-17(16)21-18/h2-3,5-8,20H,4,9-15H2,1H3. The van der Waals surface area contributed by atoms with Crippen LogP contribution >= 0.6 is 11.8 Å². The number of carbonyl (C=O) groups is 1. The van der Waals surface area contributed by atoms with E-state index in [2.05, 4.69) is 35.0 Å². The molecule has 138 valence electrons. The number of likely N-dealkylation sites (N-methyl/N-ethyl adjacent to an activating group) is 1. The Labute approximate surface area is 159 Å². The first-order valence-electron chi connectivity index (χ1n) is 9.38. The Balaban J connectivity index is 1.40. The predicted octanol–water partition coefficient (Wildman–Crippen LogP) is 2.45. The summed E-state index contributed by atoms with van der Waals surface area (Å²) < 4.78 is 0. The molecule has 0 radical (unpaired) electrons. The number of fused-ring (bicyclic) bond motifs is 1. The van der Waals surface area contributed by atoms with Gasteiger partial charge in [-0.25, -0.2) is 4.98 Å². The summed E-state index contributed by atoms with van der Waals surface area (Å²) in [6.07, 6.45) is 1.03. The molecule has 1 amide bonds. The lowest BCUT2D eigenvalue weighted by Gasteiger charge is -2.33. The third-order valence-electron chi connectivity index (χ3n) is 5.31. The molecule has 3 heterocycles. The van der Waals surface area contributed by atoms with Gasteiger partial charge >= 0.3 is 0 Å². The zero-order valence-electron chi connectivity index (χ0n) is 15.3. The number of carbonyl (C=O) groups excluding carboxylic acids is 1. The normalized spacial score (nSPS) is 22.4. The van der Waals surface area contributed by atoms with Crippen LogP contribution in [0.3, 0.4) is 0 Å². The van der Waals surface area contributed by atoms with Crippen molar-refractivity contribution in [2.45, 2.75) is 11.8 Å². The van der Waals surface area contributed by atoms with Gasteiger partial charge in [0.05, 0.1) is 17.0 Å². The van der Waals surface area contributed by atoms with E-state index in [4.69, 9.17) is 4.98 Å². The van der Waals surface area contributed by atoms with E-state index in [-0.39, 0.29) is 11.3 Å². The van der Waals surface area contributed by atoms with Gasteiger partial charge in [-0.3, -0.25) is 4.79 Å². The molecular formula is C20H26N4OS. The highest BCUT2D eigenvalue weighted by molar-refractivity contribution is 8.00. The summed E-state index contributed by atoms with van der Waals surface area (Å²) in [5.74, 6) is 0.807. The molecule has 1 aromatic carbocycles. The number of amides is 1.